The highest BCUT2D eigenvalue weighted by Crippen LogP contribution is 2.16. The molecule has 0 unspecified atom stereocenters. The quantitative estimate of drug-likeness (QED) is 0.308. The first-order valence-electron chi connectivity index (χ1n) is 5.78. The van der Waals surface area contributed by atoms with Crippen molar-refractivity contribution in [2.75, 3.05) is 0 Å². The van der Waals surface area contributed by atoms with Crippen molar-refractivity contribution in [1.29, 1.82) is 0 Å². The molecule has 0 N–H and O–H groups in total. The van der Waals surface area contributed by atoms with E-state index >= 15 is 0 Å². The summed E-state index contributed by atoms with van der Waals surface area (Å²) >= 11 is 0. The minimum Gasteiger partial charge on any atom is -0.432 e. The normalized spacial score (nSPS) is 23.3. The Hall–Kier alpha value is -1.75. The lowest BCUT2D eigenvalue weighted by Gasteiger charge is -2.24. The Morgan fingerprint density at radius 2 is 2.33 bits per heavy atom. The van der Waals surface area contributed by atoms with Crippen molar-refractivity contribution in [1.82, 2.24) is 0 Å². The lowest BCUT2D eigenvalue weighted by molar-refractivity contribution is -0.180. The van der Waals surface area contributed by atoms with Crippen LogP contribution in [0.3, 0.4) is 0 Å². The van der Waals surface area contributed by atoms with Crippen LogP contribution in [-0.4, -0.2) is 30.4 Å². The summed E-state index contributed by atoms with van der Waals surface area (Å²) in [6, 6.07) is 0. The standard InChI is InChI=1S/C13H16O5/c1-10(15)17-13-8-7-11(16)12(18-13)6-4-2-3-5-9-14/h3,5,7-9,12-13H,2,4,6H2,1H3/b5-3+/t12-,13-/m0/s1. The first kappa shape index (κ1) is 14.3. The van der Waals surface area contributed by atoms with Gasteiger partial charge in [-0.1, -0.05) is 6.08 Å². The van der Waals surface area contributed by atoms with Gasteiger partial charge in [-0.3, -0.25) is 14.4 Å². The monoisotopic (exact) mass is 252 g/mol. The van der Waals surface area contributed by atoms with Crippen LogP contribution in [-0.2, 0) is 23.9 Å². The van der Waals surface area contributed by atoms with Crippen molar-refractivity contribution < 1.29 is 23.9 Å². The van der Waals surface area contributed by atoms with Crippen molar-refractivity contribution in [3.05, 3.63) is 24.3 Å². The molecule has 0 fully saturated rings. The van der Waals surface area contributed by atoms with Gasteiger partial charge in [-0.2, -0.15) is 0 Å². The van der Waals surface area contributed by atoms with E-state index in [1.807, 2.05) is 0 Å². The molecule has 2 atom stereocenters. The summed E-state index contributed by atoms with van der Waals surface area (Å²) < 4.78 is 10.2. The van der Waals surface area contributed by atoms with Crippen molar-refractivity contribution in [3.8, 4) is 0 Å². The fourth-order valence-electron chi connectivity index (χ4n) is 1.57. The summed E-state index contributed by atoms with van der Waals surface area (Å²) in [6.07, 6.45) is 7.27. The molecule has 0 aromatic carbocycles. The summed E-state index contributed by atoms with van der Waals surface area (Å²) in [6.45, 7) is 1.28. The molecule has 5 nitrogen and oxygen atoms in total. The molecule has 1 aliphatic heterocycles. The van der Waals surface area contributed by atoms with Gasteiger partial charge in [0.2, 0.25) is 6.29 Å². The van der Waals surface area contributed by atoms with E-state index in [1.165, 1.54) is 25.2 Å². The third-order valence-corrected chi connectivity index (χ3v) is 2.37. The molecule has 0 radical (unpaired) electrons. The highest BCUT2D eigenvalue weighted by Gasteiger charge is 2.25. The van der Waals surface area contributed by atoms with E-state index < -0.39 is 18.4 Å². The van der Waals surface area contributed by atoms with Crippen LogP contribution in [0.2, 0.25) is 0 Å². The number of ketones is 1. The Bertz CT molecular complexity index is 370. The van der Waals surface area contributed by atoms with E-state index in [0.29, 0.717) is 19.1 Å². The maximum Gasteiger partial charge on any atom is 0.305 e. The molecule has 98 valence electrons. The van der Waals surface area contributed by atoms with E-state index in [4.69, 9.17) is 9.47 Å². The molecule has 5 heteroatoms. The Labute approximate surface area is 105 Å². The molecule has 0 saturated carbocycles. The van der Waals surface area contributed by atoms with Crippen molar-refractivity contribution in [2.45, 2.75) is 38.6 Å². The number of unbranched alkanes of at least 4 members (excludes halogenated alkanes) is 1. The summed E-state index contributed by atoms with van der Waals surface area (Å²) in [5.41, 5.74) is 0. The number of carbonyl (C=O) groups excluding carboxylic acids is 3. The summed E-state index contributed by atoms with van der Waals surface area (Å²) in [5, 5.41) is 0. The van der Waals surface area contributed by atoms with E-state index in [2.05, 4.69) is 0 Å². The topological polar surface area (TPSA) is 69.7 Å². The molecule has 1 aliphatic rings. The average Bonchev–Trinajstić information content (AvgIpc) is 2.32. The molecule has 0 spiro atoms. The molecule has 1 heterocycles. The number of ether oxygens (including phenoxy) is 2. The molecule has 18 heavy (non-hydrogen) atoms. The predicted molar refractivity (Wildman–Crippen MR) is 63.6 cm³/mol. The highest BCUT2D eigenvalue weighted by atomic mass is 16.7. The zero-order chi connectivity index (χ0) is 13.4. The van der Waals surface area contributed by atoms with Gasteiger partial charge in [-0.05, 0) is 37.5 Å². The Morgan fingerprint density at radius 3 is 3.00 bits per heavy atom. The third-order valence-electron chi connectivity index (χ3n) is 2.37. The zero-order valence-corrected chi connectivity index (χ0v) is 10.2. The van der Waals surface area contributed by atoms with Crippen LogP contribution in [0.5, 0.6) is 0 Å². The first-order valence-corrected chi connectivity index (χ1v) is 5.78. The average molecular weight is 252 g/mol. The van der Waals surface area contributed by atoms with Crippen LogP contribution in [0.25, 0.3) is 0 Å². The number of rotatable bonds is 6. The van der Waals surface area contributed by atoms with Gasteiger partial charge in [0.05, 0.1) is 0 Å². The van der Waals surface area contributed by atoms with Crippen LogP contribution in [0, 0.1) is 0 Å². The second-order valence-electron chi connectivity index (χ2n) is 3.86. The molecular formula is C13H16O5. The fraction of sp³-hybridized carbons (Fsp3) is 0.462. The Morgan fingerprint density at radius 1 is 1.56 bits per heavy atom. The van der Waals surface area contributed by atoms with E-state index in [9.17, 15) is 14.4 Å². The smallest absolute Gasteiger partial charge is 0.305 e. The van der Waals surface area contributed by atoms with Gasteiger partial charge in [0.1, 0.15) is 12.4 Å². The zero-order valence-electron chi connectivity index (χ0n) is 10.2. The number of allylic oxidation sites excluding steroid dienone is 2. The molecule has 0 amide bonds. The molecule has 0 bridgehead atoms. The van der Waals surface area contributed by atoms with E-state index in [0.717, 1.165) is 6.42 Å². The summed E-state index contributed by atoms with van der Waals surface area (Å²) in [7, 11) is 0. The molecule has 0 aliphatic carbocycles. The number of carbonyl (C=O) groups is 3. The molecule has 1 rings (SSSR count). The van der Waals surface area contributed by atoms with Crippen LogP contribution in [0.1, 0.15) is 26.2 Å². The summed E-state index contributed by atoms with van der Waals surface area (Å²) in [4.78, 5) is 32.3. The lowest BCUT2D eigenvalue weighted by atomic mass is 10.1. The molecule has 0 aromatic rings. The van der Waals surface area contributed by atoms with Gasteiger partial charge in [0, 0.05) is 6.92 Å². The highest BCUT2D eigenvalue weighted by molar-refractivity contribution is 5.94. The van der Waals surface area contributed by atoms with Crippen molar-refractivity contribution >= 4 is 18.0 Å². The lowest BCUT2D eigenvalue weighted by Crippen LogP contribution is -2.33. The van der Waals surface area contributed by atoms with Crippen LogP contribution in [0.4, 0.5) is 0 Å². The van der Waals surface area contributed by atoms with Crippen LogP contribution < -0.4 is 0 Å². The number of hydrogen-bond acceptors (Lipinski definition) is 5. The van der Waals surface area contributed by atoms with Gasteiger partial charge in [-0.15, -0.1) is 0 Å². The minimum absolute atomic E-state index is 0.127. The third kappa shape index (κ3) is 5.05. The second kappa shape index (κ2) is 7.55. The Balaban J connectivity index is 2.38. The van der Waals surface area contributed by atoms with Crippen LogP contribution >= 0.6 is 0 Å². The fourth-order valence-corrected chi connectivity index (χ4v) is 1.57. The first-order chi connectivity index (χ1) is 8.63. The number of aldehydes is 1. The van der Waals surface area contributed by atoms with Gasteiger partial charge in [0.15, 0.2) is 5.78 Å². The molecule has 0 saturated heterocycles. The molecule has 0 aromatic heterocycles. The maximum atomic E-state index is 11.5. The second-order valence-corrected chi connectivity index (χ2v) is 3.86. The Kier molecular flexibility index (Phi) is 6.00. The van der Waals surface area contributed by atoms with E-state index in [-0.39, 0.29) is 5.78 Å². The van der Waals surface area contributed by atoms with Gasteiger partial charge in [-0.25, -0.2) is 0 Å². The van der Waals surface area contributed by atoms with Crippen molar-refractivity contribution in [2.24, 2.45) is 0 Å². The van der Waals surface area contributed by atoms with E-state index in [1.54, 1.807) is 6.08 Å². The predicted octanol–water partition coefficient (Wildman–Crippen LogP) is 1.33. The SMILES string of the molecule is CC(=O)O[C@@H]1C=CC(=O)[C@H](CCC/C=C/C=O)O1. The van der Waals surface area contributed by atoms with Gasteiger partial charge in [0.25, 0.3) is 0 Å². The van der Waals surface area contributed by atoms with Crippen LogP contribution in [0.15, 0.2) is 24.3 Å². The van der Waals surface area contributed by atoms with Crippen molar-refractivity contribution in [3.63, 3.8) is 0 Å². The summed E-state index contributed by atoms with van der Waals surface area (Å²) in [5.74, 6) is -0.579. The number of esters is 1. The maximum absolute atomic E-state index is 11.5. The van der Waals surface area contributed by atoms with Gasteiger partial charge < -0.3 is 9.47 Å². The van der Waals surface area contributed by atoms with Gasteiger partial charge >= 0.3 is 5.97 Å². The molecular weight excluding hydrogens is 236 g/mol. The number of hydrogen-bond donors (Lipinski definition) is 0. The largest absolute Gasteiger partial charge is 0.432 e. The minimum atomic E-state index is -0.782.